The van der Waals surface area contributed by atoms with Gasteiger partial charge in [-0.3, -0.25) is 9.96 Å². The normalized spacial score (nSPS) is 13.1. The lowest BCUT2D eigenvalue weighted by molar-refractivity contribution is 0.0508. The summed E-state index contributed by atoms with van der Waals surface area (Å²) in [6.07, 6.45) is -0.575. The number of hydrogen-bond acceptors (Lipinski definition) is 5. The van der Waals surface area contributed by atoms with E-state index in [4.69, 9.17) is 14.7 Å². The van der Waals surface area contributed by atoms with Gasteiger partial charge in [0, 0.05) is 5.69 Å². The Hall–Kier alpha value is -2.13. The zero-order valence-corrected chi connectivity index (χ0v) is 14.2. The number of carbonyl (C=O) groups is 1. The van der Waals surface area contributed by atoms with Crippen molar-refractivity contribution in [2.45, 2.75) is 39.3 Å². The van der Waals surface area contributed by atoms with Crippen LogP contribution in [0.2, 0.25) is 0 Å². The summed E-state index contributed by atoms with van der Waals surface area (Å²) < 4.78 is 35.6. The van der Waals surface area contributed by atoms with Crippen molar-refractivity contribution in [3.8, 4) is 0 Å². The van der Waals surface area contributed by atoms with Crippen LogP contribution in [0.3, 0.4) is 0 Å². The van der Waals surface area contributed by atoms with Gasteiger partial charge in [-0.25, -0.2) is 4.79 Å². The van der Waals surface area contributed by atoms with E-state index in [0.717, 1.165) is 0 Å². The second kappa shape index (κ2) is 6.97. The lowest BCUT2D eigenvalue weighted by Gasteiger charge is -2.22. The van der Waals surface area contributed by atoms with E-state index in [1.807, 2.05) is 0 Å². The number of anilines is 1. The maximum absolute atomic E-state index is 11.7. The quantitative estimate of drug-likeness (QED) is 0.379. The summed E-state index contributed by atoms with van der Waals surface area (Å²) in [7, 11) is -4.59. The van der Waals surface area contributed by atoms with Crippen molar-refractivity contribution in [2.75, 3.05) is 5.32 Å². The molecular formula is C14H21N3O5S. The summed E-state index contributed by atoms with van der Waals surface area (Å²) >= 11 is 0. The Morgan fingerprint density at radius 3 is 2.48 bits per heavy atom. The molecule has 0 saturated carbocycles. The number of alkyl carbamates (subject to hydrolysis) is 1. The third-order valence-electron chi connectivity index (χ3n) is 2.64. The summed E-state index contributed by atoms with van der Waals surface area (Å²) in [6.45, 7) is 6.99. The predicted octanol–water partition coefficient (Wildman–Crippen LogP) is 2.51. The van der Waals surface area contributed by atoms with Gasteiger partial charge in [0.15, 0.2) is 0 Å². The Kier molecular flexibility index (Phi) is 5.73. The molecule has 1 aromatic rings. The molecule has 0 bridgehead atoms. The SMILES string of the molecule is CC(NC(=O)OC(C)(C)C)c1cccc(NC(=N)S(=O)(=O)O)c1. The van der Waals surface area contributed by atoms with Gasteiger partial charge in [0.05, 0.1) is 6.04 Å². The molecule has 8 nitrogen and oxygen atoms in total. The van der Waals surface area contributed by atoms with Gasteiger partial charge in [0.2, 0.25) is 5.17 Å². The fraction of sp³-hybridized carbons (Fsp3) is 0.429. The molecule has 0 spiro atoms. The van der Waals surface area contributed by atoms with E-state index < -0.39 is 33.0 Å². The Morgan fingerprint density at radius 1 is 1.35 bits per heavy atom. The monoisotopic (exact) mass is 343 g/mol. The first-order chi connectivity index (χ1) is 10.4. The molecule has 1 unspecified atom stereocenters. The molecule has 0 aromatic heterocycles. The largest absolute Gasteiger partial charge is 0.444 e. The van der Waals surface area contributed by atoms with Gasteiger partial charge in [-0.15, -0.1) is 0 Å². The zero-order chi connectivity index (χ0) is 17.8. The first kappa shape index (κ1) is 18.9. The number of ether oxygens (including phenoxy) is 1. The van der Waals surface area contributed by atoms with E-state index in [1.54, 1.807) is 45.9 Å². The van der Waals surface area contributed by atoms with Crippen LogP contribution in [0.15, 0.2) is 24.3 Å². The summed E-state index contributed by atoms with van der Waals surface area (Å²) in [5.74, 6) is 0. The Balaban J connectivity index is 2.80. The number of nitrogens with one attached hydrogen (secondary N) is 3. The highest BCUT2D eigenvalue weighted by Crippen LogP contribution is 2.18. The van der Waals surface area contributed by atoms with Crippen LogP contribution in [0.25, 0.3) is 0 Å². The highest BCUT2D eigenvalue weighted by Gasteiger charge is 2.19. The predicted molar refractivity (Wildman–Crippen MR) is 87.1 cm³/mol. The van der Waals surface area contributed by atoms with Crippen molar-refractivity contribution < 1.29 is 22.5 Å². The molecule has 1 aromatic carbocycles. The molecule has 0 heterocycles. The Bertz CT molecular complexity index is 695. The minimum Gasteiger partial charge on any atom is -0.444 e. The molecule has 0 aliphatic heterocycles. The van der Waals surface area contributed by atoms with Crippen LogP contribution < -0.4 is 10.6 Å². The van der Waals surface area contributed by atoms with Crippen LogP contribution in [0, 0.1) is 5.41 Å². The number of rotatable bonds is 3. The smallest absolute Gasteiger partial charge is 0.408 e. The summed E-state index contributed by atoms with van der Waals surface area (Å²) in [4.78, 5) is 11.7. The maximum Gasteiger partial charge on any atom is 0.408 e. The second-order valence-electron chi connectivity index (χ2n) is 5.92. The van der Waals surface area contributed by atoms with Gasteiger partial charge in [0.25, 0.3) is 0 Å². The van der Waals surface area contributed by atoms with Crippen molar-refractivity contribution in [2.24, 2.45) is 0 Å². The molecule has 4 N–H and O–H groups in total. The van der Waals surface area contributed by atoms with E-state index in [1.165, 1.54) is 6.07 Å². The Labute approximate surface area is 135 Å². The van der Waals surface area contributed by atoms with Crippen molar-refractivity contribution in [1.29, 1.82) is 5.41 Å². The van der Waals surface area contributed by atoms with Crippen LogP contribution in [0.5, 0.6) is 0 Å². The molecule has 1 atom stereocenters. The fourth-order valence-corrected chi connectivity index (χ4v) is 1.90. The van der Waals surface area contributed by atoms with Gasteiger partial charge in [0.1, 0.15) is 5.60 Å². The van der Waals surface area contributed by atoms with Crippen molar-refractivity contribution in [1.82, 2.24) is 5.32 Å². The molecule has 0 aliphatic carbocycles. The Morgan fingerprint density at radius 2 is 1.96 bits per heavy atom. The van der Waals surface area contributed by atoms with E-state index >= 15 is 0 Å². The lowest BCUT2D eigenvalue weighted by Crippen LogP contribution is -2.34. The lowest BCUT2D eigenvalue weighted by atomic mass is 10.1. The second-order valence-corrected chi connectivity index (χ2v) is 7.28. The topological polar surface area (TPSA) is 129 Å². The van der Waals surface area contributed by atoms with Gasteiger partial charge >= 0.3 is 16.2 Å². The average molecular weight is 343 g/mol. The molecule has 0 aliphatic rings. The summed E-state index contributed by atoms with van der Waals surface area (Å²) in [6, 6.07) is 6.05. The van der Waals surface area contributed by atoms with Crippen LogP contribution >= 0.6 is 0 Å². The van der Waals surface area contributed by atoms with E-state index in [-0.39, 0.29) is 0 Å². The number of benzene rings is 1. The molecule has 23 heavy (non-hydrogen) atoms. The highest BCUT2D eigenvalue weighted by atomic mass is 32.2. The van der Waals surface area contributed by atoms with Crippen molar-refractivity contribution in [3.05, 3.63) is 29.8 Å². The molecule has 0 fully saturated rings. The van der Waals surface area contributed by atoms with Gasteiger partial charge < -0.3 is 15.4 Å². The third kappa shape index (κ3) is 6.66. The van der Waals surface area contributed by atoms with Crippen LogP contribution in [-0.2, 0) is 14.9 Å². The first-order valence-corrected chi connectivity index (χ1v) is 8.25. The molecule has 1 amide bonds. The van der Waals surface area contributed by atoms with Crippen LogP contribution in [0.1, 0.15) is 39.3 Å². The fourth-order valence-electron chi connectivity index (χ4n) is 1.65. The van der Waals surface area contributed by atoms with E-state index in [9.17, 15) is 13.2 Å². The third-order valence-corrected chi connectivity index (χ3v) is 3.25. The number of amides is 1. The van der Waals surface area contributed by atoms with Crippen LogP contribution in [-0.4, -0.2) is 29.8 Å². The van der Waals surface area contributed by atoms with Gasteiger partial charge in [-0.1, -0.05) is 12.1 Å². The van der Waals surface area contributed by atoms with Gasteiger partial charge in [-0.05, 0) is 45.4 Å². The van der Waals surface area contributed by atoms with Crippen molar-refractivity contribution >= 4 is 27.1 Å². The number of amidine groups is 1. The summed E-state index contributed by atoms with van der Waals surface area (Å²) in [5.41, 5.74) is 0.351. The minimum absolute atomic E-state index is 0.294. The van der Waals surface area contributed by atoms with Crippen LogP contribution in [0.4, 0.5) is 10.5 Å². The number of carbonyl (C=O) groups excluding carboxylic acids is 1. The first-order valence-electron chi connectivity index (χ1n) is 6.81. The van der Waals surface area contributed by atoms with Gasteiger partial charge in [-0.2, -0.15) is 8.42 Å². The maximum atomic E-state index is 11.7. The summed E-state index contributed by atoms with van der Waals surface area (Å²) in [5, 5.41) is 11.1. The molecule has 0 saturated heterocycles. The van der Waals surface area contributed by atoms with E-state index in [2.05, 4.69) is 10.6 Å². The minimum atomic E-state index is -4.59. The highest BCUT2D eigenvalue weighted by molar-refractivity contribution is 8.01. The average Bonchev–Trinajstić information content (AvgIpc) is 2.35. The molecule has 128 valence electrons. The van der Waals surface area contributed by atoms with E-state index in [0.29, 0.717) is 11.3 Å². The number of hydrogen-bond donors (Lipinski definition) is 4. The molecule has 1 rings (SSSR count). The van der Waals surface area contributed by atoms with Crippen molar-refractivity contribution in [3.63, 3.8) is 0 Å². The molecule has 0 radical (unpaired) electrons. The molecule has 9 heteroatoms. The zero-order valence-electron chi connectivity index (χ0n) is 13.4. The molecular weight excluding hydrogens is 322 g/mol. The standard InChI is InChI=1S/C14H21N3O5S/c1-9(16-13(18)22-14(2,3)4)10-6-5-7-11(8-10)17-12(15)23(19,20)21/h5-9H,1-4H3,(H2,15,17)(H,16,18)(H,19,20,21).